The quantitative estimate of drug-likeness (QED) is 0.540. The van der Waals surface area contributed by atoms with Crippen molar-refractivity contribution in [2.75, 3.05) is 46.6 Å². The van der Waals surface area contributed by atoms with Gasteiger partial charge in [-0.25, -0.2) is 13.1 Å². The van der Waals surface area contributed by atoms with Crippen LogP contribution in [0.3, 0.4) is 0 Å². The fraction of sp³-hybridized carbons (Fsp3) is 0.647. The average molecular weight is 409 g/mol. The first-order chi connectivity index (χ1) is 12.0. The van der Waals surface area contributed by atoms with Crippen molar-refractivity contribution in [1.29, 1.82) is 0 Å². The van der Waals surface area contributed by atoms with Crippen LogP contribution in [0.2, 0.25) is 0 Å². The van der Waals surface area contributed by atoms with E-state index in [1.807, 2.05) is 6.92 Å². The minimum atomic E-state index is -3.58. The van der Waals surface area contributed by atoms with Crippen molar-refractivity contribution in [2.45, 2.75) is 30.2 Å². The van der Waals surface area contributed by atoms with Crippen LogP contribution >= 0.6 is 12.4 Å². The molecule has 1 heterocycles. The van der Waals surface area contributed by atoms with Gasteiger partial charge in [0.25, 0.3) is 0 Å². The molecule has 0 radical (unpaired) electrons. The molecule has 1 fully saturated rings. The third-order valence-corrected chi connectivity index (χ3v) is 5.61. The van der Waals surface area contributed by atoms with Gasteiger partial charge in [0, 0.05) is 20.3 Å². The Hall–Kier alpha value is -0.900. The lowest BCUT2D eigenvalue weighted by Crippen LogP contribution is -2.52. The summed E-state index contributed by atoms with van der Waals surface area (Å²) in [5.41, 5.74) is -0.329. The van der Waals surface area contributed by atoms with E-state index >= 15 is 0 Å². The normalized spacial score (nSPS) is 19.9. The molecular formula is C17H29ClN2O5S. The molecular weight excluding hydrogens is 380 g/mol. The van der Waals surface area contributed by atoms with E-state index in [0.29, 0.717) is 38.7 Å². The van der Waals surface area contributed by atoms with Gasteiger partial charge in [-0.3, -0.25) is 0 Å². The number of rotatable bonds is 11. The highest BCUT2D eigenvalue weighted by atomic mass is 35.5. The summed E-state index contributed by atoms with van der Waals surface area (Å²) >= 11 is 0. The Morgan fingerprint density at radius 2 is 1.96 bits per heavy atom. The van der Waals surface area contributed by atoms with Crippen molar-refractivity contribution in [3.63, 3.8) is 0 Å². The van der Waals surface area contributed by atoms with Gasteiger partial charge in [-0.15, -0.1) is 12.4 Å². The molecule has 0 amide bonds. The smallest absolute Gasteiger partial charge is 0.240 e. The minimum Gasteiger partial charge on any atom is -0.491 e. The maximum absolute atomic E-state index is 12.5. The van der Waals surface area contributed by atoms with Crippen molar-refractivity contribution in [3.8, 4) is 5.75 Å². The molecule has 0 saturated carbocycles. The lowest BCUT2D eigenvalue weighted by atomic mass is 9.99. The molecule has 7 nitrogen and oxygen atoms in total. The Morgan fingerprint density at radius 3 is 2.54 bits per heavy atom. The number of nitrogens with one attached hydrogen (secondary N) is 2. The van der Waals surface area contributed by atoms with Crippen molar-refractivity contribution in [1.82, 2.24) is 10.0 Å². The lowest BCUT2D eigenvalue weighted by Gasteiger charge is -2.28. The summed E-state index contributed by atoms with van der Waals surface area (Å²) in [6.45, 7) is 5.16. The second kappa shape index (κ2) is 11.1. The molecule has 1 saturated heterocycles. The van der Waals surface area contributed by atoms with E-state index in [9.17, 15) is 8.42 Å². The largest absolute Gasteiger partial charge is 0.491 e. The summed E-state index contributed by atoms with van der Waals surface area (Å²) in [5, 5.41) is 3.35. The number of ether oxygens (including phenoxy) is 3. The van der Waals surface area contributed by atoms with Gasteiger partial charge in [0.05, 0.1) is 23.6 Å². The molecule has 26 heavy (non-hydrogen) atoms. The molecule has 1 aliphatic rings. The second-order valence-corrected chi connectivity index (χ2v) is 7.85. The fourth-order valence-corrected chi connectivity index (χ4v) is 3.99. The summed E-state index contributed by atoms with van der Waals surface area (Å²) in [5.74, 6) is 0.618. The van der Waals surface area contributed by atoms with E-state index in [1.165, 1.54) is 0 Å². The maximum Gasteiger partial charge on any atom is 0.240 e. The first kappa shape index (κ1) is 23.1. The number of halogens is 1. The van der Waals surface area contributed by atoms with Crippen molar-refractivity contribution in [3.05, 3.63) is 24.3 Å². The van der Waals surface area contributed by atoms with Gasteiger partial charge in [-0.1, -0.05) is 0 Å². The summed E-state index contributed by atoms with van der Waals surface area (Å²) < 4.78 is 43.6. The van der Waals surface area contributed by atoms with Gasteiger partial charge < -0.3 is 19.5 Å². The molecule has 150 valence electrons. The van der Waals surface area contributed by atoms with Crippen LogP contribution in [0.15, 0.2) is 29.2 Å². The van der Waals surface area contributed by atoms with E-state index in [-0.39, 0.29) is 22.8 Å². The molecule has 9 heteroatoms. The Bertz CT molecular complexity index is 619. The highest BCUT2D eigenvalue weighted by Crippen LogP contribution is 2.21. The maximum atomic E-state index is 12.5. The molecule has 0 aromatic heterocycles. The predicted molar refractivity (Wildman–Crippen MR) is 103 cm³/mol. The van der Waals surface area contributed by atoms with Crippen LogP contribution in [0.5, 0.6) is 5.75 Å². The van der Waals surface area contributed by atoms with E-state index in [0.717, 1.165) is 19.4 Å². The van der Waals surface area contributed by atoms with Crippen molar-refractivity contribution < 1.29 is 22.6 Å². The van der Waals surface area contributed by atoms with Gasteiger partial charge in [-0.05, 0) is 50.6 Å². The topological polar surface area (TPSA) is 85.9 Å². The molecule has 2 rings (SSSR count). The van der Waals surface area contributed by atoms with Crippen LogP contribution in [0.1, 0.15) is 19.8 Å². The first-order valence-electron chi connectivity index (χ1n) is 8.55. The van der Waals surface area contributed by atoms with E-state index in [4.69, 9.17) is 14.2 Å². The molecule has 1 aliphatic heterocycles. The summed E-state index contributed by atoms with van der Waals surface area (Å²) in [6.07, 6.45) is 1.90. The number of methoxy groups -OCH3 is 1. The predicted octanol–water partition coefficient (Wildman–Crippen LogP) is 1.57. The van der Waals surface area contributed by atoms with Crippen LogP contribution in [-0.4, -0.2) is 60.6 Å². The van der Waals surface area contributed by atoms with Gasteiger partial charge in [0.1, 0.15) is 12.4 Å². The Balaban J connectivity index is 0.00000338. The molecule has 0 bridgehead atoms. The number of hydrogen-bond donors (Lipinski definition) is 2. The van der Waals surface area contributed by atoms with Crippen LogP contribution in [0.25, 0.3) is 0 Å². The van der Waals surface area contributed by atoms with E-state index < -0.39 is 10.0 Å². The average Bonchev–Trinajstić information content (AvgIpc) is 3.07. The molecule has 0 spiro atoms. The van der Waals surface area contributed by atoms with Gasteiger partial charge in [0.15, 0.2) is 0 Å². The van der Waals surface area contributed by atoms with Crippen LogP contribution in [-0.2, 0) is 19.5 Å². The summed E-state index contributed by atoms with van der Waals surface area (Å²) in [4.78, 5) is 0.218. The lowest BCUT2D eigenvalue weighted by molar-refractivity contribution is 0.110. The third-order valence-electron chi connectivity index (χ3n) is 4.19. The number of benzene rings is 1. The zero-order valence-corrected chi connectivity index (χ0v) is 17.0. The third kappa shape index (κ3) is 6.68. The summed E-state index contributed by atoms with van der Waals surface area (Å²) in [6, 6.07) is 6.39. The fourth-order valence-electron chi connectivity index (χ4n) is 2.86. The molecule has 1 aromatic rings. The monoisotopic (exact) mass is 408 g/mol. The van der Waals surface area contributed by atoms with Gasteiger partial charge >= 0.3 is 0 Å². The van der Waals surface area contributed by atoms with E-state index in [1.54, 1.807) is 31.4 Å². The second-order valence-electron chi connectivity index (χ2n) is 6.09. The Kier molecular flexibility index (Phi) is 9.84. The summed E-state index contributed by atoms with van der Waals surface area (Å²) in [7, 11) is -1.95. The Morgan fingerprint density at radius 1 is 1.23 bits per heavy atom. The standard InChI is InChI=1S/C17H28N2O5S.ClH/c1-3-23-11-12-24-15-5-7-16(8-6-15)25(20,21)19-13-17(14-22-2)9-4-10-18-17;/h5-8,18-19H,3-4,9-14H2,1-2H3;1H. The molecule has 1 aromatic carbocycles. The van der Waals surface area contributed by atoms with Crippen LogP contribution in [0.4, 0.5) is 0 Å². The molecule has 0 aliphatic carbocycles. The zero-order chi connectivity index (χ0) is 18.2. The molecule has 2 N–H and O–H groups in total. The molecule has 1 unspecified atom stereocenters. The van der Waals surface area contributed by atoms with Crippen LogP contribution in [0, 0.1) is 0 Å². The van der Waals surface area contributed by atoms with Crippen molar-refractivity contribution >= 4 is 22.4 Å². The zero-order valence-electron chi connectivity index (χ0n) is 15.3. The highest BCUT2D eigenvalue weighted by molar-refractivity contribution is 7.89. The van der Waals surface area contributed by atoms with E-state index in [2.05, 4.69) is 10.0 Å². The number of sulfonamides is 1. The highest BCUT2D eigenvalue weighted by Gasteiger charge is 2.34. The van der Waals surface area contributed by atoms with Crippen molar-refractivity contribution in [2.24, 2.45) is 0 Å². The first-order valence-corrected chi connectivity index (χ1v) is 10.0. The van der Waals surface area contributed by atoms with Gasteiger partial charge in [0.2, 0.25) is 10.0 Å². The van der Waals surface area contributed by atoms with Gasteiger partial charge in [-0.2, -0.15) is 0 Å². The minimum absolute atomic E-state index is 0. The SMILES string of the molecule is CCOCCOc1ccc(S(=O)(=O)NCC2(COC)CCCN2)cc1.Cl. The Labute approximate surface area is 162 Å². The van der Waals surface area contributed by atoms with Crippen LogP contribution < -0.4 is 14.8 Å². The molecule has 1 atom stereocenters. The number of hydrogen-bond acceptors (Lipinski definition) is 6.